The average molecular weight is 441 g/mol. The smallest absolute Gasteiger partial charge is 0.274 e. The van der Waals surface area contributed by atoms with Crippen molar-refractivity contribution in [2.75, 3.05) is 13.1 Å². The Bertz CT molecular complexity index is 1320. The molecule has 166 valence electrons. The summed E-state index contributed by atoms with van der Waals surface area (Å²) in [7, 11) is 0. The molecule has 0 saturated heterocycles. The molecule has 1 heterocycles. The van der Waals surface area contributed by atoms with Gasteiger partial charge in [0.25, 0.3) is 11.5 Å². The second-order valence-corrected chi connectivity index (χ2v) is 7.61. The van der Waals surface area contributed by atoms with Crippen LogP contribution < -0.4 is 16.2 Å². The number of fused-ring (bicyclic) bond motifs is 1. The van der Waals surface area contributed by atoms with E-state index in [9.17, 15) is 14.4 Å². The summed E-state index contributed by atoms with van der Waals surface area (Å²) in [6.45, 7) is 0.798. The number of aromatic nitrogens is 2. The van der Waals surface area contributed by atoms with E-state index in [0.717, 1.165) is 11.1 Å². The first kappa shape index (κ1) is 22.0. The first-order valence-corrected chi connectivity index (χ1v) is 10.7. The van der Waals surface area contributed by atoms with Gasteiger partial charge in [-0.15, -0.1) is 0 Å². The number of hydrogen-bond acceptors (Lipinski definition) is 4. The maximum absolute atomic E-state index is 12.9. The summed E-state index contributed by atoms with van der Waals surface area (Å²) < 4.78 is 1.31. The first-order chi connectivity index (χ1) is 16.1. The van der Waals surface area contributed by atoms with Gasteiger partial charge in [-0.3, -0.25) is 14.4 Å². The summed E-state index contributed by atoms with van der Waals surface area (Å²) in [4.78, 5) is 37.9. The van der Waals surface area contributed by atoms with E-state index >= 15 is 0 Å². The zero-order chi connectivity index (χ0) is 23.0. The highest BCUT2D eigenvalue weighted by molar-refractivity contribution is 6.04. The fourth-order valence-corrected chi connectivity index (χ4v) is 3.57. The maximum Gasteiger partial charge on any atom is 0.274 e. The third-order valence-corrected chi connectivity index (χ3v) is 5.20. The van der Waals surface area contributed by atoms with Crippen molar-refractivity contribution in [2.24, 2.45) is 0 Å². The van der Waals surface area contributed by atoms with Gasteiger partial charge in [0, 0.05) is 18.5 Å². The summed E-state index contributed by atoms with van der Waals surface area (Å²) in [5.41, 5.74) is 1.76. The SMILES string of the molecule is O=C(Cc1ccccc1)NCCNC(=O)c1nn(Cc2ccccc2)c(=O)c2ccccc12. The monoisotopic (exact) mass is 440 g/mol. The van der Waals surface area contributed by atoms with Crippen LogP contribution in [0.15, 0.2) is 89.7 Å². The van der Waals surface area contributed by atoms with Gasteiger partial charge in [-0.05, 0) is 17.2 Å². The Morgan fingerprint density at radius 2 is 1.30 bits per heavy atom. The summed E-state index contributed by atoms with van der Waals surface area (Å²) in [6, 6.07) is 25.9. The lowest BCUT2D eigenvalue weighted by Crippen LogP contribution is -2.36. The van der Waals surface area contributed by atoms with E-state index in [0.29, 0.717) is 17.3 Å². The Hall–Kier alpha value is -4.26. The van der Waals surface area contributed by atoms with E-state index in [1.807, 2.05) is 60.7 Å². The van der Waals surface area contributed by atoms with E-state index in [-0.39, 0.29) is 36.7 Å². The number of nitrogens with zero attached hydrogens (tertiary/aromatic N) is 2. The highest BCUT2D eigenvalue weighted by atomic mass is 16.2. The number of rotatable bonds is 8. The zero-order valence-electron chi connectivity index (χ0n) is 18.0. The van der Waals surface area contributed by atoms with Gasteiger partial charge in [0.05, 0.1) is 18.4 Å². The van der Waals surface area contributed by atoms with Crippen molar-refractivity contribution in [3.8, 4) is 0 Å². The molecule has 0 unspecified atom stereocenters. The van der Waals surface area contributed by atoms with E-state index in [4.69, 9.17) is 0 Å². The van der Waals surface area contributed by atoms with Crippen LogP contribution in [0.25, 0.3) is 10.8 Å². The summed E-state index contributed by atoms with van der Waals surface area (Å²) in [6.07, 6.45) is 0.283. The molecule has 2 amide bonds. The molecular formula is C26H24N4O3. The van der Waals surface area contributed by atoms with Gasteiger partial charge in [0.1, 0.15) is 0 Å². The molecule has 4 rings (SSSR count). The van der Waals surface area contributed by atoms with Crippen LogP contribution in [-0.4, -0.2) is 34.7 Å². The minimum atomic E-state index is -0.398. The number of carbonyl (C=O) groups excluding carboxylic acids is 2. The van der Waals surface area contributed by atoms with Gasteiger partial charge in [-0.1, -0.05) is 78.9 Å². The van der Waals surface area contributed by atoms with Crippen molar-refractivity contribution < 1.29 is 9.59 Å². The molecule has 1 aromatic heterocycles. The Morgan fingerprint density at radius 3 is 2.00 bits per heavy atom. The standard InChI is InChI=1S/C26H24N4O3/c31-23(17-19-9-3-1-4-10-19)27-15-16-28-25(32)24-21-13-7-8-14-22(21)26(33)30(29-24)18-20-11-5-2-6-12-20/h1-14H,15-18H2,(H,27,31)(H,28,32). The molecule has 4 aromatic rings. The molecule has 2 N–H and O–H groups in total. The maximum atomic E-state index is 12.9. The number of carbonyl (C=O) groups is 2. The van der Waals surface area contributed by atoms with Gasteiger partial charge in [0.15, 0.2) is 5.69 Å². The van der Waals surface area contributed by atoms with Crippen molar-refractivity contribution in [2.45, 2.75) is 13.0 Å². The molecule has 7 heteroatoms. The van der Waals surface area contributed by atoms with Crippen LogP contribution in [0, 0.1) is 0 Å². The predicted octanol–water partition coefficient (Wildman–Crippen LogP) is 2.53. The molecule has 0 bridgehead atoms. The third-order valence-electron chi connectivity index (χ3n) is 5.20. The van der Waals surface area contributed by atoms with Crippen LogP contribution >= 0.6 is 0 Å². The van der Waals surface area contributed by atoms with E-state index in [2.05, 4.69) is 15.7 Å². The second-order valence-electron chi connectivity index (χ2n) is 7.61. The minimum Gasteiger partial charge on any atom is -0.354 e. The van der Waals surface area contributed by atoms with E-state index < -0.39 is 5.91 Å². The number of hydrogen-bond donors (Lipinski definition) is 2. The van der Waals surface area contributed by atoms with E-state index in [1.54, 1.807) is 24.3 Å². The van der Waals surface area contributed by atoms with E-state index in [1.165, 1.54) is 4.68 Å². The molecule has 0 aliphatic rings. The van der Waals surface area contributed by atoms with Crippen molar-refractivity contribution in [1.82, 2.24) is 20.4 Å². The van der Waals surface area contributed by atoms with Crippen LogP contribution in [0.1, 0.15) is 21.6 Å². The van der Waals surface area contributed by atoms with Crippen molar-refractivity contribution in [1.29, 1.82) is 0 Å². The molecule has 33 heavy (non-hydrogen) atoms. The minimum absolute atomic E-state index is 0.115. The van der Waals surface area contributed by atoms with Crippen LogP contribution in [0.2, 0.25) is 0 Å². The van der Waals surface area contributed by atoms with Gasteiger partial charge in [-0.25, -0.2) is 4.68 Å². The fraction of sp³-hybridized carbons (Fsp3) is 0.154. The summed E-state index contributed by atoms with van der Waals surface area (Å²) in [5, 5.41) is 10.9. The predicted molar refractivity (Wildman–Crippen MR) is 127 cm³/mol. The Labute approximate surface area is 191 Å². The lowest BCUT2D eigenvalue weighted by atomic mass is 10.1. The highest BCUT2D eigenvalue weighted by Gasteiger charge is 2.16. The van der Waals surface area contributed by atoms with Crippen molar-refractivity contribution in [3.05, 3.63) is 112 Å². The molecule has 3 aromatic carbocycles. The van der Waals surface area contributed by atoms with Gasteiger partial charge < -0.3 is 10.6 Å². The van der Waals surface area contributed by atoms with Gasteiger partial charge >= 0.3 is 0 Å². The number of nitrogens with one attached hydrogen (secondary N) is 2. The molecule has 0 atom stereocenters. The molecule has 0 spiro atoms. The second kappa shape index (κ2) is 10.4. The fourth-order valence-electron chi connectivity index (χ4n) is 3.57. The van der Waals surface area contributed by atoms with Crippen LogP contribution in [0.3, 0.4) is 0 Å². The van der Waals surface area contributed by atoms with Crippen LogP contribution in [-0.2, 0) is 17.8 Å². The molecule has 0 radical (unpaired) electrons. The molecular weight excluding hydrogens is 416 g/mol. The van der Waals surface area contributed by atoms with Gasteiger partial charge in [0.2, 0.25) is 5.91 Å². The Morgan fingerprint density at radius 1 is 0.727 bits per heavy atom. The lowest BCUT2D eigenvalue weighted by Gasteiger charge is -2.12. The largest absolute Gasteiger partial charge is 0.354 e. The Kier molecular flexibility index (Phi) is 6.90. The van der Waals surface area contributed by atoms with Gasteiger partial charge in [-0.2, -0.15) is 5.10 Å². The highest BCUT2D eigenvalue weighted by Crippen LogP contribution is 2.14. The molecule has 0 aliphatic heterocycles. The first-order valence-electron chi connectivity index (χ1n) is 10.7. The Balaban J connectivity index is 1.44. The summed E-state index contributed by atoms with van der Waals surface area (Å²) >= 11 is 0. The molecule has 0 fully saturated rings. The topological polar surface area (TPSA) is 93.1 Å². The van der Waals surface area contributed by atoms with Crippen molar-refractivity contribution >= 4 is 22.6 Å². The number of amides is 2. The van der Waals surface area contributed by atoms with Crippen LogP contribution in [0.4, 0.5) is 0 Å². The normalized spacial score (nSPS) is 10.7. The number of benzene rings is 3. The molecule has 0 saturated carbocycles. The average Bonchev–Trinajstić information content (AvgIpc) is 2.85. The van der Waals surface area contributed by atoms with Crippen molar-refractivity contribution in [3.63, 3.8) is 0 Å². The summed E-state index contributed by atoms with van der Waals surface area (Å²) in [5.74, 6) is -0.513. The third kappa shape index (κ3) is 5.51. The quantitative estimate of drug-likeness (QED) is 0.412. The lowest BCUT2D eigenvalue weighted by molar-refractivity contribution is -0.120. The molecule has 7 nitrogen and oxygen atoms in total. The van der Waals surface area contributed by atoms with Crippen LogP contribution in [0.5, 0.6) is 0 Å². The zero-order valence-corrected chi connectivity index (χ0v) is 18.0. The molecule has 0 aliphatic carbocycles.